The van der Waals surface area contributed by atoms with E-state index in [1.165, 1.54) is 16.8 Å². The Hall–Kier alpha value is -1.81. The lowest BCUT2D eigenvalue weighted by atomic mass is 10.1. The highest BCUT2D eigenvalue weighted by Gasteiger charge is 2.09. The molecule has 4 heteroatoms. The van der Waals surface area contributed by atoms with Crippen molar-refractivity contribution in [3.8, 4) is 0 Å². The van der Waals surface area contributed by atoms with Gasteiger partial charge in [0.05, 0.1) is 12.2 Å². The lowest BCUT2D eigenvalue weighted by molar-refractivity contribution is 0.375. The Morgan fingerprint density at radius 1 is 1.25 bits per heavy atom. The van der Waals surface area contributed by atoms with Crippen molar-refractivity contribution in [2.45, 2.75) is 33.9 Å². The van der Waals surface area contributed by atoms with E-state index in [-0.39, 0.29) is 0 Å². The minimum absolute atomic E-state index is 0.725. The van der Waals surface area contributed by atoms with Gasteiger partial charge in [0.25, 0.3) is 0 Å². The fraction of sp³-hybridized carbons (Fsp3) is 0.438. The Kier molecular flexibility index (Phi) is 4.79. The van der Waals surface area contributed by atoms with Gasteiger partial charge in [-0.15, -0.1) is 0 Å². The van der Waals surface area contributed by atoms with Gasteiger partial charge in [0, 0.05) is 25.3 Å². The van der Waals surface area contributed by atoms with Crippen LogP contribution in [0.2, 0.25) is 0 Å². The van der Waals surface area contributed by atoms with E-state index in [1.54, 1.807) is 0 Å². The third-order valence-electron chi connectivity index (χ3n) is 3.32. The highest BCUT2D eigenvalue weighted by atomic mass is 16.5. The number of nitrogens with one attached hydrogen (secondary N) is 1. The van der Waals surface area contributed by atoms with E-state index in [1.807, 2.05) is 6.07 Å². The Morgan fingerprint density at radius 2 is 2.05 bits per heavy atom. The van der Waals surface area contributed by atoms with Gasteiger partial charge in [0.1, 0.15) is 0 Å². The van der Waals surface area contributed by atoms with Crippen molar-refractivity contribution >= 4 is 5.69 Å². The third-order valence-corrected chi connectivity index (χ3v) is 3.32. The summed E-state index contributed by atoms with van der Waals surface area (Å²) in [5, 5.41) is 7.31. The zero-order chi connectivity index (χ0) is 14.5. The van der Waals surface area contributed by atoms with E-state index < -0.39 is 0 Å². The average molecular weight is 273 g/mol. The molecule has 0 radical (unpaired) electrons. The first kappa shape index (κ1) is 14.6. The van der Waals surface area contributed by atoms with Gasteiger partial charge in [0.2, 0.25) is 0 Å². The lowest BCUT2D eigenvalue weighted by Gasteiger charge is -2.20. The number of anilines is 1. The molecule has 1 N–H and O–H groups in total. The van der Waals surface area contributed by atoms with Gasteiger partial charge in [-0.1, -0.05) is 29.8 Å². The molecule has 0 amide bonds. The second-order valence-electron chi connectivity index (χ2n) is 5.21. The minimum Gasteiger partial charge on any atom is -0.367 e. The van der Waals surface area contributed by atoms with E-state index >= 15 is 0 Å². The number of nitrogens with zero attached hydrogens (tertiary/aromatic N) is 2. The van der Waals surface area contributed by atoms with Crippen LogP contribution >= 0.6 is 0 Å². The van der Waals surface area contributed by atoms with Crippen molar-refractivity contribution in [1.29, 1.82) is 0 Å². The molecule has 0 saturated carbocycles. The van der Waals surface area contributed by atoms with Crippen LogP contribution in [0.5, 0.6) is 0 Å². The number of aromatic nitrogens is 1. The zero-order valence-corrected chi connectivity index (χ0v) is 12.7. The molecule has 1 aromatic carbocycles. The molecule has 1 heterocycles. The molecule has 2 aromatic rings. The highest BCUT2D eigenvalue weighted by Crippen LogP contribution is 2.21. The van der Waals surface area contributed by atoms with Crippen LogP contribution in [0.4, 0.5) is 5.69 Å². The summed E-state index contributed by atoms with van der Waals surface area (Å²) < 4.78 is 5.39. The first-order valence-corrected chi connectivity index (χ1v) is 7.03. The molecular formula is C16H23N3O. The van der Waals surface area contributed by atoms with E-state index in [0.29, 0.717) is 0 Å². The molecule has 0 spiro atoms. The molecular weight excluding hydrogens is 250 g/mol. The molecule has 0 aliphatic rings. The summed E-state index contributed by atoms with van der Waals surface area (Å²) in [4.78, 5) is 2.19. The maximum absolute atomic E-state index is 5.39. The summed E-state index contributed by atoms with van der Waals surface area (Å²) in [7, 11) is 2.07. The smallest absolute Gasteiger partial charge is 0.156 e. The standard InChI is InChI=1S/C16H23N3O/c1-5-17-10-14-9-15(20-18-14)11-19(4)16-7-6-12(2)8-13(16)3/h6-9,17H,5,10-11H2,1-4H3. The van der Waals surface area contributed by atoms with Gasteiger partial charge in [-0.3, -0.25) is 0 Å². The molecule has 0 aliphatic carbocycles. The maximum atomic E-state index is 5.39. The van der Waals surface area contributed by atoms with Crippen LogP contribution in [-0.2, 0) is 13.1 Å². The minimum atomic E-state index is 0.725. The van der Waals surface area contributed by atoms with Gasteiger partial charge >= 0.3 is 0 Å². The molecule has 0 saturated heterocycles. The highest BCUT2D eigenvalue weighted by molar-refractivity contribution is 5.53. The number of hydrogen-bond acceptors (Lipinski definition) is 4. The van der Waals surface area contributed by atoms with Gasteiger partial charge in [-0.2, -0.15) is 0 Å². The van der Waals surface area contributed by atoms with Crippen LogP contribution in [0.25, 0.3) is 0 Å². The van der Waals surface area contributed by atoms with Crippen LogP contribution in [0, 0.1) is 13.8 Å². The quantitative estimate of drug-likeness (QED) is 0.878. The SMILES string of the molecule is CCNCc1cc(CN(C)c2ccc(C)cc2C)on1. The number of hydrogen-bond donors (Lipinski definition) is 1. The average Bonchev–Trinajstić information content (AvgIpc) is 2.83. The van der Waals surface area contributed by atoms with Crippen LogP contribution < -0.4 is 10.2 Å². The molecule has 0 atom stereocenters. The molecule has 20 heavy (non-hydrogen) atoms. The van der Waals surface area contributed by atoms with Crippen molar-refractivity contribution < 1.29 is 4.52 Å². The van der Waals surface area contributed by atoms with Crippen molar-refractivity contribution in [2.24, 2.45) is 0 Å². The van der Waals surface area contributed by atoms with E-state index in [4.69, 9.17) is 4.52 Å². The van der Waals surface area contributed by atoms with Gasteiger partial charge in [-0.25, -0.2) is 0 Å². The summed E-state index contributed by atoms with van der Waals surface area (Å²) in [6.45, 7) is 8.74. The summed E-state index contributed by atoms with van der Waals surface area (Å²) >= 11 is 0. The van der Waals surface area contributed by atoms with E-state index in [0.717, 1.165) is 31.1 Å². The molecule has 0 bridgehead atoms. The molecule has 0 fully saturated rings. The third kappa shape index (κ3) is 3.61. The van der Waals surface area contributed by atoms with Gasteiger partial charge in [0.15, 0.2) is 5.76 Å². The largest absolute Gasteiger partial charge is 0.367 e. The molecule has 108 valence electrons. The Morgan fingerprint density at radius 3 is 2.75 bits per heavy atom. The van der Waals surface area contributed by atoms with Crippen molar-refractivity contribution in [2.75, 3.05) is 18.5 Å². The first-order valence-electron chi connectivity index (χ1n) is 7.03. The van der Waals surface area contributed by atoms with Crippen LogP contribution in [0.1, 0.15) is 29.5 Å². The fourth-order valence-corrected chi connectivity index (χ4v) is 2.32. The normalized spacial score (nSPS) is 10.8. The zero-order valence-electron chi connectivity index (χ0n) is 12.7. The van der Waals surface area contributed by atoms with Crippen LogP contribution in [0.15, 0.2) is 28.8 Å². The lowest BCUT2D eigenvalue weighted by Crippen LogP contribution is -2.17. The Labute approximate surface area is 120 Å². The number of benzene rings is 1. The fourth-order valence-electron chi connectivity index (χ4n) is 2.32. The number of aryl methyl sites for hydroxylation is 2. The van der Waals surface area contributed by atoms with Gasteiger partial charge in [-0.05, 0) is 32.0 Å². The first-order chi connectivity index (χ1) is 9.60. The second-order valence-corrected chi connectivity index (χ2v) is 5.21. The topological polar surface area (TPSA) is 41.3 Å². The summed E-state index contributed by atoms with van der Waals surface area (Å²) in [6, 6.07) is 8.50. The monoisotopic (exact) mass is 273 g/mol. The van der Waals surface area contributed by atoms with E-state index in [9.17, 15) is 0 Å². The molecule has 0 aliphatic heterocycles. The van der Waals surface area contributed by atoms with Crippen molar-refractivity contribution in [1.82, 2.24) is 10.5 Å². The maximum Gasteiger partial charge on any atom is 0.156 e. The van der Waals surface area contributed by atoms with Crippen molar-refractivity contribution in [3.63, 3.8) is 0 Å². The van der Waals surface area contributed by atoms with E-state index in [2.05, 4.69) is 61.4 Å². The van der Waals surface area contributed by atoms with Crippen LogP contribution in [-0.4, -0.2) is 18.7 Å². The number of rotatable bonds is 6. The Bertz CT molecular complexity index is 563. The second kappa shape index (κ2) is 6.57. The summed E-state index contributed by atoms with van der Waals surface area (Å²) in [6.07, 6.45) is 0. The molecule has 2 rings (SSSR count). The summed E-state index contributed by atoms with van der Waals surface area (Å²) in [5.41, 5.74) is 4.74. The Balaban J connectivity index is 2.03. The molecule has 0 unspecified atom stereocenters. The summed E-state index contributed by atoms with van der Waals surface area (Å²) in [5.74, 6) is 0.889. The molecule has 4 nitrogen and oxygen atoms in total. The molecule has 1 aromatic heterocycles. The van der Waals surface area contributed by atoms with Crippen molar-refractivity contribution in [3.05, 3.63) is 46.8 Å². The van der Waals surface area contributed by atoms with Crippen LogP contribution in [0.3, 0.4) is 0 Å². The predicted octanol–water partition coefficient (Wildman–Crippen LogP) is 3.04. The predicted molar refractivity (Wildman–Crippen MR) is 81.9 cm³/mol. The van der Waals surface area contributed by atoms with Gasteiger partial charge < -0.3 is 14.7 Å².